The molecule has 1 nitrogen and oxygen atoms in total. The number of Topliss-reactive ketones (excluding diaryl/α,β-unsaturated/α-hetero) is 1. The number of carbonyl (C=O) groups is 1. The molecule has 1 aromatic rings. The largest absolute Gasteiger partial charge is 0.295 e. The van der Waals surface area contributed by atoms with Gasteiger partial charge in [-0.25, -0.2) is 0 Å². The van der Waals surface area contributed by atoms with Gasteiger partial charge < -0.3 is 0 Å². The molecule has 0 bridgehead atoms. The lowest BCUT2D eigenvalue weighted by atomic mass is 10.1. The third-order valence-electron chi connectivity index (χ3n) is 3.02. The van der Waals surface area contributed by atoms with Crippen molar-refractivity contribution in [1.29, 1.82) is 0 Å². The molecule has 0 heterocycles. The summed E-state index contributed by atoms with van der Waals surface area (Å²) in [5, 5.41) is 2.44. The third-order valence-corrected chi connectivity index (χ3v) is 3.02. The molecule has 0 saturated heterocycles. The highest BCUT2D eigenvalue weighted by Crippen LogP contribution is 1.95. The first-order valence-electron chi connectivity index (χ1n) is 6.00. The van der Waals surface area contributed by atoms with Crippen LogP contribution in [0, 0.1) is 0 Å². The molecule has 0 saturated carbocycles. The van der Waals surface area contributed by atoms with Gasteiger partial charge in [0.05, 0.1) is 0 Å². The molecule has 0 amide bonds. The van der Waals surface area contributed by atoms with E-state index in [2.05, 4.69) is 26.0 Å². The molecule has 0 radical (unpaired) electrons. The summed E-state index contributed by atoms with van der Waals surface area (Å²) in [6.45, 7) is 7.74. The quantitative estimate of drug-likeness (QED) is 0.727. The van der Waals surface area contributed by atoms with Crippen molar-refractivity contribution >= 4 is 17.4 Å². The summed E-state index contributed by atoms with van der Waals surface area (Å²) < 4.78 is 0. The zero-order valence-corrected chi connectivity index (χ0v) is 11.1. The molecule has 0 atom stereocenters. The maximum Gasteiger partial charge on any atom is 0.155 e. The first kappa shape index (κ1) is 13.4. The summed E-state index contributed by atoms with van der Waals surface area (Å²) in [4.78, 5) is 11.1. The first-order chi connectivity index (χ1) is 8.06. The average molecular weight is 228 g/mol. The van der Waals surface area contributed by atoms with Gasteiger partial charge in [-0.2, -0.15) is 0 Å². The minimum atomic E-state index is 0.120. The Bertz CT molecular complexity index is 547. The van der Waals surface area contributed by atoms with Crippen molar-refractivity contribution in [2.24, 2.45) is 0 Å². The normalized spacial score (nSPS) is 14.8. The van der Waals surface area contributed by atoms with E-state index in [1.807, 2.05) is 31.2 Å². The van der Waals surface area contributed by atoms with Crippen LogP contribution < -0.4 is 10.4 Å². The zero-order valence-electron chi connectivity index (χ0n) is 11.1. The minimum absolute atomic E-state index is 0.120. The molecule has 0 aliphatic heterocycles. The Kier molecular flexibility index (Phi) is 4.89. The smallest absolute Gasteiger partial charge is 0.155 e. The summed E-state index contributed by atoms with van der Waals surface area (Å²) in [5.74, 6) is 0.120. The van der Waals surface area contributed by atoms with Gasteiger partial charge in [0.2, 0.25) is 0 Å². The van der Waals surface area contributed by atoms with E-state index in [0.29, 0.717) is 0 Å². The molecule has 0 spiro atoms. The molecule has 0 aromatic heterocycles. The van der Waals surface area contributed by atoms with Crippen LogP contribution in [0.1, 0.15) is 34.1 Å². The van der Waals surface area contributed by atoms with Crippen molar-refractivity contribution in [3.05, 3.63) is 46.4 Å². The molecule has 17 heavy (non-hydrogen) atoms. The summed E-state index contributed by atoms with van der Waals surface area (Å²) in [6, 6.07) is 8.28. The highest BCUT2D eigenvalue weighted by Gasteiger charge is 1.93. The summed E-state index contributed by atoms with van der Waals surface area (Å²) >= 11 is 0. The summed E-state index contributed by atoms with van der Waals surface area (Å²) in [7, 11) is 0. The van der Waals surface area contributed by atoms with Gasteiger partial charge in [-0.15, -0.1) is 0 Å². The van der Waals surface area contributed by atoms with Crippen molar-refractivity contribution in [1.82, 2.24) is 0 Å². The number of allylic oxidation sites excluding steroid dienone is 2. The van der Waals surface area contributed by atoms with E-state index in [4.69, 9.17) is 0 Å². The van der Waals surface area contributed by atoms with Gasteiger partial charge in [0.25, 0.3) is 0 Å². The highest BCUT2D eigenvalue weighted by atomic mass is 16.1. The van der Waals surface area contributed by atoms with Crippen molar-refractivity contribution in [3.63, 3.8) is 0 Å². The van der Waals surface area contributed by atoms with Crippen molar-refractivity contribution in [2.45, 2.75) is 34.1 Å². The number of hydrogen-bond acceptors (Lipinski definition) is 1. The van der Waals surface area contributed by atoms with E-state index in [0.717, 1.165) is 12.0 Å². The molecule has 1 aromatic carbocycles. The van der Waals surface area contributed by atoms with E-state index in [1.165, 1.54) is 16.0 Å². The van der Waals surface area contributed by atoms with Crippen LogP contribution in [-0.2, 0) is 4.79 Å². The zero-order chi connectivity index (χ0) is 12.8. The summed E-state index contributed by atoms with van der Waals surface area (Å²) in [6.07, 6.45) is 4.95. The van der Waals surface area contributed by atoms with Gasteiger partial charge in [0.1, 0.15) is 0 Å². The number of rotatable bonds is 3. The van der Waals surface area contributed by atoms with Crippen LogP contribution in [0.25, 0.3) is 11.6 Å². The van der Waals surface area contributed by atoms with E-state index < -0.39 is 0 Å². The Balaban J connectivity index is 3.39. The Labute approximate surface area is 103 Å². The lowest BCUT2D eigenvalue weighted by molar-refractivity contribution is -0.113. The molecule has 90 valence electrons. The SMILES string of the molecule is CC\C(C)=c1/cccc/c1=C/C=C(\C)C(C)=O. The number of hydrogen-bond donors (Lipinski definition) is 0. The first-order valence-corrected chi connectivity index (χ1v) is 6.00. The van der Waals surface area contributed by atoms with Gasteiger partial charge >= 0.3 is 0 Å². The molecular weight excluding hydrogens is 208 g/mol. The Hall–Kier alpha value is -1.63. The fourth-order valence-electron chi connectivity index (χ4n) is 1.55. The molecule has 1 rings (SSSR count). The van der Waals surface area contributed by atoms with Crippen LogP contribution in [0.2, 0.25) is 0 Å². The van der Waals surface area contributed by atoms with Crippen molar-refractivity contribution in [2.75, 3.05) is 0 Å². The Morgan fingerprint density at radius 1 is 1.18 bits per heavy atom. The van der Waals surface area contributed by atoms with Gasteiger partial charge in [-0.1, -0.05) is 48.9 Å². The molecule has 0 aliphatic carbocycles. The van der Waals surface area contributed by atoms with Crippen LogP contribution in [-0.4, -0.2) is 5.78 Å². The van der Waals surface area contributed by atoms with Crippen LogP contribution in [0.15, 0.2) is 35.9 Å². The molecule has 1 heteroatoms. The van der Waals surface area contributed by atoms with Gasteiger partial charge in [0.15, 0.2) is 5.78 Å². The third kappa shape index (κ3) is 3.70. The van der Waals surface area contributed by atoms with Crippen LogP contribution >= 0.6 is 0 Å². The minimum Gasteiger partial charge on any atom is -0.295 e. The Morgan fingerprint density at radius 3 is 2.41 bits per heavy atom. The molecular formula is C16H20O. The van der Waals surface area contributed by atoms with E-state index in [9.17, 15) is 4.79 Å². The van der Waals surface area contributed by atoms with E-state index in [-0.39, 0.29) is 5.78 Å². The average Bonchev–Trinajstić information content (AvgIpc) is 2.35. The second-order valence-electron chi connectivity index (χ2n) is 4.29. The summed E-state index contributed by atoms with van der Waals surface area (Å²) in [5.41, 5.74) is 2.15. The van der Waals surface area contributed by atoms with Crippen molar-refractivity contribution < 1.29 is 4.79 Å². The predicted molar refractivity (Wildman–Crippen MR) is 74.0 cm³/mol. The lowest BCUT2D eigenvalue weighted by Crippen LogP contribution is -2.25. The Morgan fingerprint density at radius 2 is 1.82 bits per heavy atom. The second-order valence-corrected chi connectivity index (χ2v) is 4.29. The molecule has 0 unspecified atom stereocenters. The maximum absolute atomic E-state index is 11.1. The van der Waals surface area contributed by atoms with Crippen LogP contribution in [0.5, 0.6) is 0 Å². The lowest BCUT2D eigenvalue weighted by Gasteiger charge is -1.97. The maximum atomic E-state index is 11.1. The number of benzene rings is 1. The van der Waals surface area contributed by atoms with Gasteiger partial charge in [0, 0.05) is 0 Å². The topological polar surface area (TPSA) is 17.1 Å². The van der Waals surface area contributed by atoms with E-state index in [1.54, 1.807) is 6.92 Å². The standard InChI is InChI=1S/C16H20O/c1-5-12(2)16-9-7-6-8-15(16)11-10-13(3)14(4)17/h6-11H,5H2,1-4H3/b13-10+,15-11-,16-12+. The van der Waals surface area contributed by atoms with Gasteiger partial charge in [-0.05, 0) is 43.2 Å². The van der Waals surface area contributed by atoms with Gasteiger partial charge in [-0.3, -0.25) is 4.79 Å². The van der Waals surface area contributed by atoms with Crippen LogP contribution in [0.3, 0.4) is 0 Å². The van der Waals surface area contributed by atoms with Crippen LogP contribution in [0.4, 0.5) is 0 Å². The fraction of sp³-hybridized carbons (Fsp3) is 0.312. The fourth-order valence-corrected chi connectivity index (χ4v) is 1.55. The van der Waals surface area contributed by atoms with E-state index >= 15 is 0 Å². The monoisotopic (exact) mass is 228 g/mol. The van der Waals surface area contributed by atoms with Crippen molar-refractivity contribution in [3.8, 4) is 0 Å². The highest BCUT2D eigenvalue weighted by molar-refractivity contribution is 5.93. The second kappa shape index (κ2) is 6.19. The predicted octanol–water partition coefficient (Wildman–Crippen LogP) is 2.58. The number of ketones is 1. The number of carbonyl (C=O) groups excluding carboxylic acids is 1. The molecule has 0 N–H and O–H groups in total. The molecule has 0 fully saturated rings. The molecule has 0 aliphatic rings.